The summed E-state index contributed by atoms with van der Waals surface area (Å²) >= 11 is 0. The molecule has 2 atom stereocenters. The minimum absolute atomic E-state index is 0.105. The number of benzene rings is 1. The number of rotatable bonds is 5. The molecule has 0 radical (unpaired) electrons. The number of hydrogen-bond acceptors (Lipinski definition) is 5. The van der Waals surface area contributed by atoms with Gasteiger partial charge in [0.05, 0.1) is 30.8 Å². The number of halogens is 1. The monoisotopic (exact) mass is 267 g/mol. The molecule has 0 heterocycles. The highest BCUT2D eigenvalue weighted by atomic mass is 19.1. The van der Waals surface area contributed by atoms with Crippen LogP contribution in [0.25, 0.3) is 0 Å². The summed E-state index contributed by atoms with van der Waals surface area (Å²) in [5.74, 6) is -1.49. The van der Waals surface area contributed by atoms with Crippen molar-refractivity contribution in [3.8, 4) is 6.07 Å². The van der Waals surface area contributed by atoms with Crippen molar-refractivity contribution in [3.63, 3.8) is 0 Å². The Labute approximate surface area is 109 Å². The molecule has 0 amide bonds. The molecule has 6 heteroatoms. The van der Waals surface area contributed by atoms with Crippen molar-refractivity contribution in [1.29, 1.82) is 5.26 Å². The quantitative estimate of drug-likeness (QED) is 0.778. The molecular weight excluding hydrogens is 253 g/mol. The van der Waals surface area contributed by atoms with E-state index in [1.807, 2.05) is 0 Å². The lowest BCUT2D eigenvalue weighted by Crippen LogP contribution is -2.23. The third kappa shape index (κ3) is 4.02. The van der Waals surface area contributed by atoms with Gasteiger partial charge in [-0.05, 0) is 19.1 Å². The van der Waals surface area contributed by atoms with Crippen LogP contribution in [0.3, 0.4) is 0 Å². The summed E-state index contributed by atoms with van der Waals surface area (Å²) in [5, 5.41) is 28.0. The van der Waals surface area contributed by atoms with Crippen molar-refractivity contribution >= 4 is 5.97 Å². The molecule has 0 aliphatic heterocycles. The van der Waals surface area contributed by atoms with Gasteiger partial charge in [0.1, 0.15) is 11.9 Å². The van der Waals surface area contributed by atoms with Crippen molar-refractivity contribution in [2.45, 2.75) is 25.6 Å². The summed E-state index contributed by atoms with van der Waals surface area (Å²) in [6, 6.07) is 5.23. The maximum Gasteiger partial charge on any atom is 0.308 e. The van der Waals surface area contributed by atoms with Crippen LogP contribution < -0.4 is 0 Å². The Morgan fingerprint density at radius 2 is 2.21 bits per heavy atom. The fourth-order valence-corrected chi connectivity index (χ4v) is 1.55. The first-order valence-electron chi connectivity index (χ1n) is 5.70. The molecule has 0 aromatic heterocycles. The maximum absolute atomic E-state index is 13.6. The number of esters is 1. The molecule has 0 aliphatic carbocycles. The smallest absolute Gasteiger partial charge is 0.308 e. The van der Waals surface area contributed by atoms with Gasteiger partial charge in [-0.25, -0.2) is 4.39 Å². The number of aliphatic hydroxyl groups is 2. The average Bonchev–Trinajstić information content (AvgIpc) is 2.37. The second-order valence-corrected chi connectivity index (χ2v) is 3.87. The lowest BCUT2D eigenvalue weighted by molar-refractivity contribution is -0.147. The van der Waals surface area contributed by atoms with E-state index in [0.29, 0.717) is 0 Å². The van der Waals surface area contributed by atoms with Crippen LogP contribution in [-0.2, 0) is 9.53 Å². The number of nitriles is 1. The molecule has 0 bridgehead atoms. The molecule has 0 saturated carbocycles. The molecule has 2 N–H and O–H groups in total. The van der Waals surface area contributed by atoms with E-state index in [0.717, 1.165) is 6.07 Å². The van der Waals surface area contributed by atoms with E-state index in [9.17, 15) is 19.4 Å². The van der Waals surface area contributed by atoms with Gasteiger partial charge in [0, 0.05) is 5.56 Å². The molecule has 19 heavy (non-hydrogen) atoms. The van der Waals surface area contributed by atoms with Gasteiger partial charge in [-0.1, -0.05) is 6.07 Å². The van der Waals surface area contributed by atoms with Crippen LogP contribution in [-0.4, -0.2) is 28.9 Å². The number of carbonyl (C=O) groups is 1. The summed E-state index contributed by atoms with van der Waals surface area (Å²) in [6.07, 6.45) is -3.47. The van der Waals surface area contributed by atoms with Crippen LogP contribution >= 0.6 is 0 Å². The van der Waals surface area contributed by atoms with Crippen LogP contribution in [0, 0.1) is 17.1 Å². The number of nitrogens with zero attached hydrogens (tertiary/aromatic N) is 1. The summed E-state index contributed by atoms with van der Waals surface area (Å²) in [4.78, 5) is 11.1. The number of ether oxygens (including phenoxy) is 1. The number of carbonyl (C=O) groups excluding carboxylic acids is 1. The second kappa shape index (κ2) is 6.83. The summed E-state index contributed by atoms with van der Waals surface area (Å²) in [5.41, 5.74) is -0.0656. The van der Waals surface area contributed by atoms with Gasteiger partial charge < -0.3 is 14.9 Å². The highest BCUT2D eigenvalue weighted by molar-refractivity contribution is 5.70. The molecule has 0 fully saturated rings. The molecule has 102 valence electrons. The molecule has 0 spiro atoms. The Hall–Kier alpha value is -1.97. The van der Waals surface area contributed by atoms with Gasteiger partial charge in [0.15, 0.2) is 0 Å². The van der Waals surface area contributed by atoms with Crippen molar-refractivity contribution in [2.75, 3.05) is 6.61 Å². The zero-order valence-electron chi connectivity index (χ0n) is 10.3. The molecule has 0 saturated heterocycles. The van der Waals surface area contributed by atoms with Gasteiger partial charge >= 0.3 is 5.97 Å². The minimum Gasteiger partial charge on any atom is -0.466 e. The maximum atomic E-state index is 13.6. The van der Waals surface area contributed by atoms with Crippen molar-refractivity contribution in [2.24, 2.45) is 0 Å². The largest absolute Gasteiger partial charge is 0.466 e. The third-order valence-corrected chi connectivity index (χ3v) is 2.49. The topological polar surface area (TPSA) is 90.6 Å². The van der Waals surface area contributed by atoms with E-state index in [2.05, 4.69) is 4.74 Å². The second-order valence-electron chi connectivity index (χ2n) is 3.87. The van der Waals surface area contributed by atoms with Gasteiger partial charge in [0.2, 0.25) is 0 Å². The summed E-state index contributed by atoms with van der Waals surface area (Å²) in [6.45, 7) is 1.77. The van der Waals surface area contributed by atoms with E-state index >= 15 is 0 Å². The van der Waals surface area contributed by atoms with E-state index in [1.165, 1.54) is 12.1 Å². The van der Waals surface area contributed by atoms with Crippen molar-refractivity contribution < 1.29 is 24.1 Å². The number of hydrogen-bond donors (Lipinski definition) is 2. The fraction of sp³-hybridized carbons (Fsp3) is 0.385. The first kappa shape index (κ1) is 15.1. The summed E-state index contributed by atoms with van der Waals surface area (Å²) in [7, 11) is 0. The normalized spacial score (nSPS) is 13.4. The first-order valence-corrected chi connectivity index (χ1v) is 5.70. The van der Waals surface area contributed by atoms with E-state index in [1.54, 1.807) is 13.0 Å². The fourth-order valence-electron chi connectivity index (χ4n) is 1.55. The Kier molecular flexibility index (Phi) is 5.42. The Bertz CT molecular complexity index is 498. The standard InChI is InChI=1S/C13H14FNO4/c1-2-19-12(17)6-11(16)13(18)9-4-3-8(7-15)5-10(9)14/h3-5,11,13,16,18H,2,6H2,1H3. The zero-order chi connectivity index (χ0) is 14.4. The van der Waals surface area contributed by atoms with Crippen LogP contribution in [0.15, 0.2) is 18.2 Å². The molecule has 1 rings (SSSR count). The zero-order valence-corrected chi connectivity index (χ0v) is 10.3. The minimum atomic E-state index is -1.56. The Morgan fingerprint density at radius 3 is 2.74 bits per heavy atom. The van der Waals surface area contributed by atoms with E-state index in [-0.39, 0.29) is 17.7 Å². The number of aliphatic hydroxyl groups excluding tert-OH is 2. The Balaban J connectivity index is 2.79. The van der Waals surface area contributed by atoms with E-state index in [4.69, 9.17) is 5.26 Å². The van der Waals surface area contributed by atoms with Crippen molar-refractivity contribution in [1.82, 2.24) is 0 Å². The molecule has 1 aromatic rings. The molecular formula is C13H14FNO4. The average molecular weight is 267 g/mol. The van der Waals surface area contributed by atoms with Crippen LogP contribution in [0.2, 0.25) is 0 Å². The molecule has 2 unspecified atom stereocenters. The van der Waals surface area contributed by atoms with Gasteiger partial charge in [0.25, 0.3) is 0 Å². The molecule has 5 nitrogen and oxygen atoms in total. The molecule has 0 aliphatic rings. The predicted octanol–water partition coefficient (Wildman–Crippen LogP) is 1.04. The lowest BCUT2D eigenvalue weighted by atomic mass is 10.0. The first-order chi connectivity index (χ1) is 8.99. The van der Waals surface area contributed by atoms with Crippen molar-refractivity contribution in [3.05, 3.63) is 35.1 Å². The SMILES string of the molecule is CCOC(=O)CC(O)C(O)c1ccc(C#N)cc1F. The van der Waals surface area contributed by atoms with Crippen LogP contribution in [0.4, 0.5) is 4.39 Å². The third-order valence-electron chi connectivity index (χ3n) is 2.49. The summed E-state index contributed by atoms with van der Waals surface area (Å²) < 4.78 is 18.2. The lowest BCUT2D eigenvalue weighted by Gasteiger charge is -2.18. The Morgan fingerprint density at radius 1 is 1.53 bits per heavy atom. The molecule has 1 aromatic carbocycles. The van der Waals surface area contributed by atoms with Crippen LogP contribution in [0.1, 0.15) is 30.6 Å². The van der Waals surface area contributed by atoms with Gasteiger partial charge in [-0.2, -0.15) is 5.26 Å². The van der Waals surface area contributed by atoms with E-state index < -0.39 is 30.4 Å². The van der Waals surface area contributed by atoms with Gasteiger partial charge in [-0.3, -0.25) is 4.79 Å². The highest BCUT2D eigenvalue weighted by Crippen LogP contribution is 2.23. The predicted molar refractivity (Wildman–Crippen MR) is 63.3 cm³/mol. The highest BCUT2D eigenvalue weighted by Gasteiger charge is 2.24. The van der Waals surface area contributed by atoms with Gasteiger partial charge in [-0.15, -0.1) is 0 Å². The van der Waals surface area contributed by atoms with Crippen LogP contribution in [0.5, 0.6) is 0 Å².